The number of anilines is 1. The van der Waals surface area contributed by atoms with Gasteiger partial charge in [-0.3, -0.25) is 0 Å². The molecule has 1 aliphatic rings. The van der Waals surface area contributed by atoms with Crippen LogP contribution in [0.15, 0.2) is 22.6 Å². The molecule has 2 heterocycles. The van der Waals surface area contributed by atoms with E-state index >= 15 is 0 Å². The molecule has 1 aliphatic heterocycles. The molecule has 0 atom stereocenters. The zero-order valence-electron chi connectivity index (χ0n) is 10.1. The molecule has 3 rings (SSSR count). The first-order chi connectivity index (χ1) is 8.24. The van der Waals surface area contributed by atoms with Crippen LogP contribution in [0.2, 0.25) is 0 Å². The first kappa shape index (κ1) is 10.3. The van der Waals surface area contributed by atoms with E-state index in [0.717, 1.165) is 18.5 Å². The summed E-state index contributed by atoms with van der Waals surface area (Å²) in [7, 11) is 2.13. The smallest absolute Gasteiger partial charge is 0.247 e. The Morgan fingerprint density at radius 3 is 2.94 bits per heavy atom. The number of nitrogens with zero attached hydrogens (tertiary/aromatic N) is 3. The number of hydrogen-bond acceptors (Lipinski definition) is 4. The standard InChI is InChI=1S/C13H15N3O/c1-9-14-15-13(17-9)11-6-5-10-4-3-7-16(2)12(10)8-11/h5-6,8H,3-4,7H2,1-2H3. The Morgan fingerprint density at radius 1 is 1.29 bits per heavy atom. The van der Waals surface area contributed by atoms with E-state index < -0.39 is 0 Å². The second kappa shape index (κ2) is 3.87. The van der Waals surface area contributed by atoms with Gasteiger partial charge in [0.1, 0.15) is 0 Å². The summed E-state index contributed by atoms with van der Waals surface area (Å²) in [5.41, 5.74) is 3.68. The van der Waals surface area contributed by atoms with E-state index in [1.165, 1.54) is 17.7 Å². The highest BCUT2D eigenvalue weighted by Gasteiger charge is 2.15. The van der Waals surface area contributed by atoms with Crippen molar-refractivity contribution >= 4 is 5.69 Å². The van der Waals surface area contributed by atoms with Gasteiger partial charge in [-0.05, 0) is 30.5 Å². The molecule has 0 N–H and O–H groups in total. The van der Waals surface area contributed by atoms with E-state index in [1.807, 2.05) is 0 Å². The molecule has 0 amide bonds. The van der Waals surface area contributed by atoms with Gasteiger partial charge in [0.25, 0.3) is 0 Å². The van der Waals surface area contributed by atoms with Gasteiger partial charge in [-0.15, -0.1) is 10.2 Å². The molecule has 0 saturated heterocycles. The SMILES string of the molecule is Cc1nnc(-c2ccc3c(c2)N(C)CCC3)o1. The highest BCUT2D eigenvalue weighted by atomic mass is 16.4. The zero-order chi connectivity index (χ0) is 11.8. The van der Waals surface area contributed by atoms with Crippen molar-refractivity contribution in [3.63, 3.8) is 0 Å². The van der Waals surface area contributed by atoms with Crippen molar-refractivity contribution in [2.24, 2.45) is 0 Å². The minimum atomic E-state index is 0.601. The maximum atomic E-state index is 5.46. The Morgan fingerprint density at radius 2 is 2.18 bits per heavy atom. The monoisotopic (exact) mass is 229 g/mol. The van der Waals surface area contributed by atoms with Crippen LogP contribution in [0.4, 0.5) is 5.69 Å². The third kappa shape index (κ3) is 1.79. The molecule has 88 valence electrons. The van der Waals surface area contributed by atoms with Crippen molar-refractivity contribution in [2.75, 3.05) is 18.5 Å². The van der Waals surface area contributed by atoms with Crippen LogP contribution in [0.5, 0.6) is 0 Å². The Bertz CT molecular complexity index is 547. The molecule has 0 aliphatic carbocycles. The van der Waals surface area contributed by atoms with E-state index in [9.17, 15) is 0 Å². The van der Waals surface area contributed by atoms with Gasteiger partial charge in [0, 0.05) is 31.8 Å². The number of hydrogen-bond donors (Lipinski definition) is 0. The average molecular weight is 229 g/mol. The number of benzene rings is 1. The predicted molar refractivity (Wildman–Crippen MR) is 66.1 cm³/mol. The summed E-state index contributed by atoms with van der Waals surface area (Å²) in [6.07, 6.45) is 2.38. The lowest BCUT2D eigenvalue weighted by molar-refractivity contribution is 0.532. The molecule has 17 heavy (non-hydrogen) atoms. The third-order valence-corrected chi connectivity index (χ3v) is 3.21. The van der Waals surface area contributed by atoms with Crippen molar-refractivity contribution in [2.45, 2.75) is 19.8 Å². The Labute approximate surface area is 100 Å². The van der Waals surface area contributed by atoms with Gasteiger partial charge in [-0.2, -0.15) is 0 Å². The molecule has 4 nitrogen and oxygen atoms in total. The van der Waals surface area contributed by atoms with Crippen molar-refractivity contribution in [3.8, 4) is 11.5 Å². The molecular formula is C13H15N3O. The Hall–Kier alpha value is -1.84. The molecule has 2 aromatic rings. The second-order valence-electron chi connectivity index (χ2n) is 4.49. The number of fused-ring (bicyclic) bond motifs is 1. The van der Waals surface area contributed by atoms with Crippen LogP contribution in [0.1, 0.15) is 17.9 Å². The van der Waals surface area contributed by atoms with Crippen LogP contribution in [0.3, 0.4) is 0 Å². The van der Waals surface area contributed by atoms with E-state index in [4.69, 9.17) is 4.42 Å². The van der Waals surface area contributed by atoms with Crippen LogP contribution >= 0.6 is 0 Å². The van der Waals surface area contributed by atoms with Crippen LogP contribution in [-0.4, -0.2) is 23.8 Å². The Balaban J connectivity index is 2.05. The zero-order valence-corrected chi connectivity index (χ0v) is 10.1. The lowest BCUT2D eigenvalue weighted by Crippen LogP contribution is -2.24. The number of aromatic nitrogens is 2. The lowest BCUT2D eigenvalue weighted by atomic mass is 10.00. The topological polar surface area (TPSA) is 42.2 Å². The fourth-order valence-electron chi connectivity index (χ4n) is 2.30. The second-order valence-corrected chi connectivity index (χ2v) is 4.49. The molecule has 0 fully saturated rings. The summed E-state index contributed by atoms with van der Waals surface area (Å²) in [6, 6.07) is 6.37. The van der Waals surface area contributed by atoms with Crippen LogP contribution in [0, 0.1) is 6.92 Å². The van der Waals surface area contributed by atoms with E-state index in [2.05, 4.69) is 40.3 Å². The quantitative estimate of drug-likeness (QED) is 0.753. The molecule has 0 unspecified atom stereocenters. The largest absolute Gasteiger partial charge is 0.421 e. The van der Waals surface area contributed by atoms with Gasteiger partial charge < -0.3 is 9.32 Å². The summed E-state index contributed by atoms with van der Waals surface area (Å²) in [5.74, 6) is 1.20. The van der Waals surface area contributed by atoms with E-state index in [-0.39, 0.29) is 0 Å². The van der Waals surface area contributed by atoms with Crippen molar-refractivity contribution < 1.29 is 4.42 Å². The Kier molecular flexibility index (Phi) is 2.35. The molecule has 0 radical (unpaired) electrons. The van der Waals surface area contributed by atoms with E-state index in [1.54, 1.807) is 6.92 Å². The molecule has 0 bridgehead atoms. The molecule has 1 aromatic carbocycles. The fourth-order valence-corrected chi connectivity index (χ4v) is 2.30. The summed E-state index contributed by atoms with van der Waals surface area (Å²) in [5, 5.41) is 7.92. The lowest BCUT2D eigenvalue weighted by Gasteiger charge is -2.27. The van der Waals surface area contributed by atoms with Crippen LogP contribution in [-0.2, 0) is 6.42 Å². The predicted octanol–water partition coefficient (Wildman–Crippen LogP) is 2.43. The van der Waals surface area contributed by atoms with Gasteiger partial charge in [0.05, 0.1) is 0 Å². The van der Waals surface area contributed by atoms with Crippen LogP contribution < -0.4 is 4.90 Å². The van der Waals surface area contributed by atoms with Crippen LogP contribution in [0.25, 0.3) is 11.5 Å². The summed E-state index contributed by atoms with van der Waals surface area (Å²) in [6.45, 7) is 2.92. The summed E-state index contributed by atoms with van der Waals surface area (Å²) >= 11 is 0. The van der Waals surface area contributed by atoms with Gasteiger partial charge in [-0.1, -0.05) is 6.07 Å². The minimum Gasteiger partial charge on any atom is -0.421 e. The maximum absolute atomic E-state index is 5.46. The van der Waals surface area contributed by atoms with Gasteiger partial charge >= 0.3 is 0 Å². The molecule has 0 spiro atoms. The highest BCUT2D eigenvalue weighted by Crippen LogP contribution is 2.30. The first-order valence-corrected chi connectivity index (χ1v) is 5.88. The van der Waals surface area contributed by atoms with Crippen molar-refractivity contribution in [1.29, 1.82) is 0 Å². The van der Waals surface area contributed by atoms with Gasteiger partial charge in [-0.25, -0.2) is 0 Å². The molecule has 1 aromatic heterocycles. The number of aryl methyl sites for hydroxylation is 2. The van der Waals surface area contributed by atoms with E-state index in [0.29, 0.717) is 11.8 Å². The van der Waals surface area contributed by atoms with Gasteiger partial charge in [0.2, 0.25) is 11.8 Å². The normalized spacial score (nSPS) is 14.8. The van der Waals surface area contributed by atoms with Gasteiger partial charge in [0.15, 0.2) is 0 Å². The summed E-state index contributed by atoms with van der Waals surface area (Å²) < 4.78 is 5.46. The third-order valence-electron chi connectivity index (χ3n) is 3.21. The highest BCUT2D eigenvalue weighted by molar-refractivity contribution is 5.66. The minimum absolute atomic E-state index is 0.601. The molecule has 0 saturated carbocycles. The summed E-state index contributed by atoms with van der Waals surface area (Å²) in [4.78, 5) is 2.28. The first-order valence-electron chi connectivity index (χ1n) is 5.88. The average Bonchev–Trinajstić information content (AvgIpc) is 2.76. The fraction of sp³-hybridized carbons (Fsp3) is 0.385. The molecular weight excluding hydrogens is 214 g/mol. The van der Waals surface area contributed by atoms with Crippen molar-refractivity contribution in [3.05, 3.63) is 29.7 Å². The number of rotatable bonds is 1. The molecule has 4 heteroatoms. The maximum Gasteiger partial charge on any atom is 0.247 e. The van der Waals surface area contributed by atoms with Crippen molar-refractivity contribution in [1.82, 2.24) is 10.2 Å².